The van der Waals surface area contributed by atoms with Crippen LogP contribution in [-0.4, -0.2) is 50.6 Å². The number of hydrogen-bond donors (Lipinski definition) is 1. The van der Waals surface area contributed by atoms with Crippen molar-refractivity contribution in [3.05, 3.63) is 29.8 Å². The van der Waals surface area contributed by atoms with Crippen molar-refractivity contribution in [3.63, 3.8) is 0 Å². The highest BCUT2D eigenvalue weighted by molar-refractivity contribution is 7.91. The van der Waals surface area contributed by atoms with Crippen LogP contribution in [0.2, 0.25) is 0 Å². The first-order valence-electron chi connectivity index (χ1n) is 8.48. The summed E-state index contributed by atoms with van der Waals surface area (Å²) in [5.74, 6) is -0.303. The van der Waals surface area contributed by atoms with E-state index in [1.807, 2.05) is 12.1 Å². The highest BCUT2D eigenvalue weighted by atomic mass is 32.2. The monoisotopic (exact) mass is 383 g/mol. The van der Waals surface area contributed by atoms with Crippen molar-refractivity contribution in [2.24, 2.45) is 0 Å². The summed E-state index contributed by atoms with van der Waals surface area (Å²) in [6.07, 6.45) is 0.352. The summed E-state index contributed by atoms with van der Waals surface area (Å²) >= 11 is 0. The van der Waals surface area contributed by atoms with Gasteiger partial charge in [-0.2, -0.15) is 0 Å². The zero-order valence-electron chi connectivity index (χ0n) is 15.3. The molecule has 144 valence electrons. The standard InChI is InChI=1S/C18H25NO6S/c1-13(2)14-4-6-15(7-5-14)24-11-17(21)25-10-16(20)19-18(3)8-9-26(22,23)12-18/h4-7,13H,8-12H2,1-3H3,(H,19,20)/t18-/m1/s1. The second kappa shape index (κ2) is 8.07. The average molecular weight is 383 g/mol. The predicted molar refractivity (Wildman–Crippen MR) is 96.8 cm³/mol. The lowest BCUT2D eigenvalue weighted by atomic mass is 10.0. The Hall–Kier alpha value is -2.09. The van der Waals surface area contributed by atoms with Gasteiger partial charge in [0.15, 0.2) is 23.1 Å². The highest BCUT2D eigenvalue weighted by Gasteiger charge is 2.39. The third-order valence-corrected chi connectivity index (χ3v) is 6.12. The van der Waals surface area contributed by atoms with Gasteiger partial charge in [-0.1, -0.05) is 26.0 Å². The summed E-state index contributed by atoms with van der Waals surface area (Å²) < 4.78 is 33.2. The van der Waals surface area contributed by atoms with Crippen LogP contribution in [0.1, 0.15) is 38.7 Å². The normalized spacial score (nSPS) is 21.4. The summed E-state index contributed by atoms with van der Waals surface area (Å²) in [4.78, 5) is 23.6. The number of amides is 1. The van der Waals surface area contributed by atoms with Gasteiger partial charge in [0, 0.05) is 0 Å². The lowest BCUT2D eigenvalue weighted by Crippen LogP contribution is -2.48. The SMILES string of the molecule is CC(C)c1ccc(OCC(=O)OCC(=O)N[C@]2(C)CCS(=O)(=O)C2)cc1. The Bertz CT molecular complexity index is 756. The zero-order chi connectivity index (χ0) is 19.4. The molecular formula is C18H25NO6S. The molecule has 1 aliphatic rings. The van der Waals surface area contributed by atoms with Crippen LogP contribution >= 0.6 is 0 Å². The molecule has 2 rings (SSSR count). The number of carbonyl (C=O) groups is 2. The number of esters is 1. The molecule has 0 spiro atoms. The molecule has 1 atom stereocenters. The van der Waals surface area contributed by atoms with E-state index in [0.29, 0.717) is 18.1 Å². The lowest BCUT2D eigenvalue weighted by molar-refractivity contribution is -0.150. The van der Waals surface area contributed by atoms with Crippen LogP contribution in [-0.2, 0) is 24.2 Å². The molecule has 0 bridgehead atoms. The van der Waals surface area contributed by atoms with E-state index in [4.69, 9.17) is 9.47 Å². The third-order valence-electron chi connectivity index (χ3n) is 4.21. The molecule has 0 radical (unpaired) electrons. The molecule has 7 nitrogen and oxygen atoms in total. The van der Waals surface area contributed by atoms with E-state index < -0.39 is 33.9 Å². The summed E-state index contributed by atoms with van der Waals surface area (Å²) in [6, 6.07) is 7.40. The second-order valence-electron chi connectivity index (χ2n) is 7.12. The van der Waals surface area contributed by atoms with Crippen molar-refractivity contribution < 1.29 is 27.5 Å². The molecule has 1 N–H and O–H groups in total. The third kappa shape index (κ3) is 6.01. The maximum Gasteiger partial charge on any atom is 0.344 e. The Labute approximate surface area is 154 Å². The van der Waals surface area contributed by atoms with Crippen molar-refractivity contribution in [1.29, 1.82) is 0 Å². The van der Waals surface area contributed by atoms with E-state index in [-0.39, 0.29) is 18.1 Å². The van der Waals surface area contributed by atoms with Crippen molar-refractivity contribution >= 4 is 21.7 Å². The van der Waals surface area contributed by atoms with E-state index in [1.54, 1.807) is 19.1 Å². The van der Waals surface area contributed by atoms with Crippen molar-refractivity contribution in [3.8, 4) is 5.75 Å². The molecule has 1 aromatic rings. The largest absolute Gasteiger partial charge is 0.482 e. The Kier molecular flexibility index (Phi) is 6.28. The average Bonchev–Trinajstić information content (AvgIpc) is 2.84. The number of rotatable bonds is 7. The number of nitrogens with one attached hydrogen (secondary N) is 1. The summed E-state index contributed by atoms with van der Waals surface area (Å²) in [5.41, 5.74) is 0.357. The fraction of sp³-hybridized carbons (Fsp3) is 0.556. The Balaban J connectivity index is 1.72. The van der Waals surface area contributed by atoms with Gasteiger partial charge in [0.25, 0.3) is 5.91 Å². The molecule has 26 heavy (non-hydrogen) atoms. The predicted octanol–water partition coefficient (Wildman–Crippen LogP) is 1.43. The van der Waals surface area contributed by atoms with Gasteiger partial charge >= 0.3 is 5.97 Å². The molecule has 1 aromatic carbocycles. The van der Waals surface area contributed by atoms with Crippen LogP contribution in [0.15, 0.2) is 24.3 Å². The van der Waals surface area contributed by atoms with Crippen molar-refractivity contribution in [2.75, 3.05) is 24.7 Å². The van der Waals surface area contributed by atoms with Crippen molar-refractivity contribution in [1.82, 2.24) is 5.32 Å². The van der Waals surface area contributed by atoms with Gasteiger partial charge < -0.3 is 14.8 Å². The summed E-state index contributed by atoms with van der Waals surface area (Å²) in [5, 5.41) is 2.62. The zero-order valence-corrected chi connectivity index (χ0v) is 16.1. The maximum atomic E-state index is 11.9. The minimum absolute atomic E-state index is 0.0486. The Morgan fingerprint density at radius 1 is 1.19 bits per heavy atom. The van der Waals surface area contributed by atoms with Crippen LogP contribution in [0, 0.1) is 0 Å². The van der Waals surface area contributed by atoms with Gasteiger partial charge in [-0.25, -0.2) is 13.2 Å². The molecule has 1 amide bonds. The first-order chi connectivity index (χ1) is 12.1. The van der Waals surface area contributed by atoms with E-state index >= 15 is 0 Å². The molecule has 0 unspecified atom stereocenters. The fourth-order valence-electron chi connectivity index (χ4n) is 2.76. The van der Waals surface area contributed by atoms with Crippen LogP contribution in [0.4, 0.5) is 0 Å². The second-order valence-corrected chi connectivity index (χ2v) is 9.31. The molecule has 1 fully saturated rings. The first kappa shape index (κ1) is 20.2. The number of carbonyl (C=O) groups excluding carboxylic acids is 2. The molecule has 0 aromatic heterocycles. The van der Waals surface area contributed by atoms with Gasteiger partial charge in [-0.3, -0.25) is 4.79 Å². The quantitative estimate of drug-likeness (QED) is 0.715. The molecule has 1 heterocycles. The Morgan fingerprint density at radius 3 is 2.38 bits per heavy atom. The number of hydrogen-bond acceptors (Lipinski definition) is 6. The molecule has 1 aliphatic heterocycles. The topological polar surface area (TPSA) is 98.8 Å². The van der Waals surface area contributed by atoms with Gasteiger partial charge in [-0.05, 0) is 37.0 Å². The van der Waals surface area contributed by atoms with E-state index in [1.165, 1.54) is 5.56 Å². The van der Waals surface area contributed by atoms with Crippen LogP contribution < -0.4 is 10.1 Å². The first-order valence-corrected chi connectivity index (χ1v) is 10.3. The van der Waals surface area contributed by atoms with E-state index in [9.17, 15) is 18.0 Å². The molecular weight excluding hydrogens is 358 g/mol. The molecule has 0 saturated carbocycles. The minimum atomic E-state index is -3.12. The van der Waals surface area contributed by atoms with Gasteiger partial charge in [0.2, 0.25) is 0 Å². The maximum absolute atomic E-state index is 11.9. The fourth-order valence-corrected chi connectivity index (χ4v) is 4.85. The lowest BCUT2D eigenvalue weighted by Gasteiger charge is -2.23. The number of sulfone groups is 1. The highest BCUT2D eigenvalue weighted by Crippen LogP contribution is 2.22. The Morgan fingerprint density at radius 2 is 1.85 bits per heavy atom. The van der Waals surface area contributed by atoms with Crippen LogP contribution in [0.3, 0.4) is 0 Å². The molecule has 8 heteroatoms. The molecule has 1 saturated heterocycles. The van der Waals surface area contributed by atoms with E-state index in [0.717, 1.165) is 0 Å². The molecule has 0 aliphatic carbocycles. The van der Waals surface area contributed by atoms with Gasteiger partial charge in [-0.15, -0.1) is 0 Å². The smallest absolute Gasteiger partial charge is 0.344 e. The van der Waals surface area contributed by atoms with E-state index in [2.05, 4.69) is 19.2 Å². The van der Waals surface area contributed by atoms with Gasteiger partial charge in [0.05, 0.1) is 17.0 Å². The van der Waals surface area contributed by atoms with Crippen molar-refractivity contribution in [2.45, 2.75) is 38.6 Å². The van der Waals surface area contributed by atoms with Crippen LogP contribution in [0.25, 0.3) is 0 Å². The number of ether oxygens (including phenoxy) is 2. The minimum Gasteiger partial charge on any atom is -0.482 e. The summed E-state index contributed by atoms with van der Waals surface area (Å²) in [6.45, 7) is 5.06. The van der Waals surface area contributed by atoms with Gasteiger partial charge in [0.1, 0.15) is 5.75 Å². The van der Waals surface area contributed by atoms with Crippen LogP contribution in [0.5, 0.6) is 5.75 Å². The number of benzene rings is 1. The summed E-state index contributed by atoms with van der Waals surface area (Å²) in [7, 11) is -3.12.